The van der Waals surface area contributed by atoms with Gasteiger partial charge in [0.05, 0.1) is 21.9 Å². The first-order valence-electron chi connectivity index (χ1n) is 19.9. The molecule has 0 aliphatic heterocycles. The lowest BCUT2D eigenvalue weighted by Gasteiger charge is -2.73. The van der Waals surface area contributed by atoms with Crippen LogP contribution in [0, 0.1) is 62.1 Å². The van der Waals surface area contributed by atoms with Crippen molar-refractivity contribution in [3.63, 3.8) is 0 Å². The smallest absolute Gasteiger partial charge is 0.309 e. The van der Waals surface area contributed by atoms with Gasteiger partial charge >= 0.3 is 11.9 Å². The van der Waals surface area contributed by atoms with Crippen molar-refractivity contribution in [3.05, 3.63) is 46.0 Å². The van der Waals surface area contributed by atoms with E-state index in [1.54, 1.807) is 19.9 Å². The Morgan fingerprint density at radius 3 is 2.31 bits per heavy atom. The van der Waals surface area contributed by atoms with Crippen molar-refractivity contribution >= 4 is 41.0 Å². The number of esters is 1. The van der Waals surface area contributed by atoms with Gasteiger partial charge in [0, 0.05) is 18.4 Å². The predicted octanol–water partition coefficient (Wildman–Crippen LogP) is 11.1. The molecule has 0 saturated heterocycles. The minimum Gasteiger partial charge on any atom is -0.481 e. The number of carboxylic acid groups (broad SMARTS) is 1. The fourth-order valence-electron chi connectivity index (χ4n) is 13.7. The molecule has 10 atom stereocenters. The molecule has 8 heteroatoms. The van der Waals surface area contributed by atoms with Gasteiger partial charge in [-0.05, 0) is 148 Å². The van der Waals surface area contributed by atoms with E-state index in [9.17, 15) is 19.5 Å². The molecule has 0 aromatic heterocycles. The van der Waals surface area contributed by atoms with Crippen molar-refractivity contribution in [2.45, 2.75) is 145 Å². The Labute approximate surface area is 322 Å². The highest BCUT2D eigenvalue weighted by Crippen LogP contribution is 2.78. The third-order valence-electron chi connectivity index (χ3n) is 16.6. The van der Waals surface area contributed by atoms with E-state index in [1.165, 1.54) is 18.4 Å². The lowest BCUT2D eigenvalue weighted by molar-refractivity contribution is -0.250. The summed E-state index contributed by atoms with van der Waals surface area (Å²) in [6.07, 6.45) is 11.0. The molecule has 1 amide bonds. The molecular formula is C44H63Cl2NO5. The minimum atomic E-state index is -1.15. The number of amides is 1. The summed E-state index contributed by atoms with van der Waals surface area (Å²) in [5, 5.41) is 13.8. The van der Waals surface area contributed by atoms with E-state index in [0.717, 1.165) is 56.9 Å². The zero-order valence-electron chi connectivity index (χ0n) is 32.9. The quantitative estimate of drug-likeness (QED) is 0.193. The number of ether oxygens (including phenoxy) is 1. The summed E-state index contributed by atoms with van der Waals surface area (Å²) in [6.45, 7) is 22.7. The SMILES string of the molecule is C=C(C)[C@@H]1CC[C@]2(CC(=O)NCc3cccc(Cl)c3Cl)CC[C@]3(C)[C@H](CC[C@@H]4[C@@]5(C)CC[C@H](OC(=O)CC(C)(C)C(=O)O)C(C)(C)[C@@H]5CC[C@]43C)[C@@H]12. The molecule has 0 radical (unpaired) electrons. The molecule has 1 aromatic carbocycles. The third-order valence-corrected chi connectivity index (χ3v) is 17.5. The van der Waals surface area contributed by atoms with Gasteiger partial charge in [0.2, 0.25) is 5.91 Å². The number of rotatable bonds is 9. The number of hydrogen-bond acceptors (Lipinski definition) is 4. The van der Waals surface area contributed by atoms with E-state index >= 15 is 0 Å². The fraction of sp³-hybridized carbons (Fsp3) is 0.750. The number of aliphatic carboxylic acids is 1. The van der Waals surface area contributed by atoms with Crippen LogP contribution in [0.5, 0.6) is 0 Å². The van der Waals surface area contributed by atoms with Crippen LogP contribution in [0.25, 0.3) is 0 Å². The Kier molecular flexibility index (Phi) is 10.4. The number of benzene rings is 1. The molecule has 0 heterocycles. The van der Waals surface area contributed by atoms with E-state index in [1.807, 2.05) is 12.1 Å². The van der Waals surface area contributed by atoms with Gasteiger partial charge in [-0.15, -0.1) is 0 Å². The summed E-state index contributed by atoms with van der Waals surface area (Å²) < 4.78 is 6.18. The summed E-state index contributed by atoms with van der Waals surface area (Å²) in [7, 11) is 0. The summed E-state index contributed by atoms with van der Waals surface area (Å²) >= 11 is 12.7. The first-order chi connectivity index (χ1) is 24.1. The number of halogens is 2. The molecular weight excluding hydrogens is 693 g/mol. The molecule has 52 heavy (non-hydrogen) atoms. The molecule has 6 nitrogen and oxygen atoms in total. The van der Waals surface area contributed by atoms with E-state index in [0.29, 0.717) is 52.6 Å². The molecule has 0 spiro atoms. The molecule has 5 saturated carbocycles. The Morgan fingerprint density at radius 2 is 1.63 bits per heavy atom. The Bertz CT molecular complexity index is 1620. The summed E-state index contributed by atoms with van der Waals surface area (Å²) in [6, 6.07) is 5.57. The van der Waals surface area contributed by atoms with E-state index < -0.39 is 17.4 Å². The largest absolute Gasteiger partial charge is 0.481 e. The molecule has 6 rings (SSSR count). The van der Waals surface area contributed by atoms with Gasteiger partial charge < -0.3 is 15.2 Å². The Balaban J connectivity index is 1.22. The minimum absolute atomic E-state index is 0.0283. The van der Waals surface area contributed by atoms with Crippen LogP contribution in [0.1, 0.15) is 138 Å². The highest BCUT2D eigenvalue weighted by atomic mass is 35.5. The second-order valence-electron chi connectivity index (χ2n) is 19.9. The van der Waals surface area contributed by atoms with Crippen molar-refractivity contribution in [1.29, 1.82) is 0 Å². The van der Waals surface area contributed by atoms with Crippen LogP contribution < -0.4 is 5.32 Å². The van der Waals surface area contributed by atoms with Crippen molar-refractivity contribution in [1.82, 2.24) is 5.32 Å². The standard InChI is InChI=1S/C44H63Cl2NO5/c1-26(2)28-15-20-44(23-34(48)47-25-27-11-10-12-30(45)37(27)46)22-21-42(8)29(36(28)44)13-14-32-41(7)18-17-33(52-35(49)24-39(3,4)38(50)51)40(5,6)31(41)16-19-43(32,42)9/h10-12,28-29,31-33,36H,1,13-25H2,2-9H3,(H,47,48)(H,50,51)/t28-,29+,31-,32+,33-,36+,41-,42+,43+,44+/m0/s1. The van der Waals surface area contributed by atoms with Gasteiger partial charge in [0.1, 0.15) is 6.10 Å². The third kappa shape index (κ3) is 6.26. The monoisotopic (exact) mass is 755 g/mol. The van der Waals surface area contributed by atoms with Crippen LogP contribution in [0.15, 0.2) is 30.4 Å². The topological polar surface area (TPSA) is 92.7 Å². The number of allylic oxidation sites excluding steroid dienone is 1. The van der Waals surface area contributed by atoms with Crippen LogP contribution in [0.3, 0.4) is 0 Å². The summed E-state index contributed by atoms with van der Waals surface area (Å²) in [4.78, 5) is 38.6. The molecule has 2 N–H and O–H groups in total. The molecule has 5 aliphatic carbocycles. The lowest BCUT2D eigenvalue weighted by atomic mass is 9.32. The maximum atomic E-state index is 13.8. The lowest BCUT2D eigenvalue weighted by Crippen LogP contribution is -2.67. The molecule has 5 aliphatic rings. The molecule has 288 valence electrons. The molecule has 0 unspecified atom stereocenters. The average Bonchev–Trinajstić information content (AvgIpc) is 3.42. The van der Waals surface area contributed by atoms with Gasteiger partial charge in [-0.2, -0.15) is 0 Å². The maximum absolute atomic E-state index is 13.8. The first kappa shape index (κ1) is 39.6. The molecule has 0 bridgehead atoms. The van der Waals surface area contributed by atoms with Gasteiger partial charge in [-0.25, -0.2) is 0 Å². The fourth-order valence-corrected chi connectivity index (χ4v) is 14.1. The van der Waals surface area contributed by atoms with Crippen LogP contribution in [-0.2, 0) is 25.7 Å². The number of fused-ring (bicyclic) bond motifs is 7. The van der Waals surface area contributed by atoms with Crippen LogP contribution in [0.2, 0.25) is 10.0 Å². The Hall–Kier alpha value is -2.05. The van der Waals surface area contributed by atoms with Crippen LogP contribution >= 0.6 is 23.2 Å². The van der Waals surface area contributed by atoms with E-state index in [-0.39, 0.29) is 45.5 Å². The summed E-state index contributed by atoms with van der Waals surface area (Å²) in [5.41, 5.74) is 1.14. The van der Waals surface area contributed by atoms with Crippen molar-refractivity contribution in [3.8, 4) is 0 Å². The predicted molar refractivity (Wildman–Crippen MR) is 208 cm³/mol. The molecule has 5 fully saturated rings. The van der Waals surface area contributed by atoms with Gasteiger partial charge in [0.25, 0.3) is 0 Å². The van der Waals surface area contributed by atoms with Crippen molar-refractivity contribution in [2.75, 3.05) is 0 Å². The number of hydrogen-bond donors (Lipinski definition) is 2. The number of carbonyl (C=O) groups is 3. The van der Waals surface area contributed by atoms with Crippen molar-refractivity contribution < 1.29 is 24.2 Å². The van der Waals surface area contributed by atoms with Gasteiger partial charge in [-0.3, -0.25) is 14.4 Å². The highest BCUT2D eigenvalue weighted by Gasteiger charge is 2.71. The van der Waals surface area contributed by atoms with Crippen LogP contribution in [0.4, 0.5) is 0 Å². The second kappa shape index (κ2) is 13.6. The second-order valence-corrected chi connectivity index (χ2v) is 20.7. The van der Waals surface area contributed by atoms with Crippen LogP contribution in [-0.4, -0.2) is 29.1 Å². The zero-order valence-corrected chi connectivity index (χ0v) is 34.4. The maximum Gasteiger partial charge on any atom is 0.309 e. The van der Waals surface area contributed by atoms with E-state index in [4.69, 9.17) is 27.9 Å². The van der Waals surface area contributed by atoms with Gasteiger partial charge in [0.15, 0.2) is 0 Å². The highest BCUT2D eigenvalue weighted by molar-refractivity contribution is 6.42. The first-order valence-corrected chi connectivity index (χ1v) is 20.7. The number of nitrogens with one attached hydrogen (secondary N) is 1. The Morgan fingerprint density at radius 1 is 0.923 bits per heavy atom. The number of carbonyl (C=O) groups excluding carboxylic acids is 2. The zero-order chi connectivity index (χ0) is 38.2. The normalized spacial score (nSPS) is 39.3. The molecule has 1 aromatic rings. The number of carboxylic acids is 1. The van der Waals surface area contributed by atoms with E-state index in [2.05, 4.69) is 53.4 Å². The van der Waals surface area contributed by atoms with Crippen molar-refractivity contribution in [2.24, 2.45) is 62.1 Å². The summed E-state index contributed by atoms with van der Waals surface area (Å²) in [5.74, 6) is 1.09. The average molecular weight is 757 g/mol. The van der Waals surface area contributed by atoms with Gasteiger partial charge in [-0.1, -0.05) is 82.1 Å².